The number of hydrogen-bond donors (Lipinski definition) is 1. The molecule has 0 atom stereocenters. The normalized spacial score (nSPS) is 15.8. The van der Waals surface area contributed by atoms with E-state index in [0.29, 0.717) is 22.7 Å². The summed E-state index contributed by atoms with van der Waals surface area (Å²) in [7, 11) is -3.85. The fourth-order valence-corrected chi connectivity index (χ4v) is 5.18. The minimum absolute atomic E-state index is 0.0799. The van der Waals surface area contributed by atoms with Crippen LogP contribution in [-0.4, -0.2) is 24.9 Å². The summed E-state index contributed by atoms with van der Waals surface area (Å²) in [6.45, 7) is 1.45. The maximum Gasteiger partial charge on any atom is 0.246 e. The molecule has 1 N–H and O–H groups in total. The highest BCUT2D eigenvalue weighted by atomic mass is 35.5. The molecule has 1 aliphatic carbocycles. The van der Waals surface area contributed by atoms with Gasteiger partial charge in [0.05, 0.1) is 4.90 Å². The monoisotopic (exact) mass is 391 g/mol. The van der Waals surface area contributed by atoms with Crippen LogP contribution in [0.25, 0.3) is 0 Å². The Morgan fingerprint density at radius 1 is 1.00 bits per heavy atom. The zero-order valence-corrected chi connectivity index (χ0v) is 15.7. The van der Waals surface area contributed by atoms with Gasteiger partial charge < -0.3 is 5.32 Å². The lowest BCUT2D eigenvalue weighted by Gasteiger charge is -2.39. The van der Waals surface area contributed by atoms with Crippen molar-refractivity contribution in [1.82, 2.24) is 0 Å². The van der Waals surface area contributed by atoms with Crippen molar-refractivity contribution in [2.75, 3.05) is 5.32 Å². The van der Waals surface area contributed by atoms with Crippen LogP contribution in [0.2, 0.25) is 5.02 Å². The van der Waals surface area contributed by atoms with E-state index in [1.54, 1.807) is 24.3 Å². The molecule has 7 heteroatoms. The van der Waals surface area contributed by atoms with E-state index in [4.69, 9.17) is 11.6 Å². The first-order valence-electron chi connectivity index (χ1n) is 8.19. The SMILES string of the molecule is CC(=O)c1ccc(NC(=O)C2(S(=O)(=O)c3ccc(Cl)cc3)CCC2)cc1. The average molecular weight is 392 g/mol. The number of nitrogens with one attached hydrogen (secondary N) is 1. The van der Waals surface area contributed by atoms with Crippen LogP contribution in [0.4, 0.5) is 5.69 Å². The van der Waals surface area contributed by atoms with E-state index in [2.05, 4.69) is 5.32 Å². The molecule has 3 rings (SSSR count). The summed E-state index contributed by atoms with van der Waals surface area (Å²) in [4.78, 5) is 24.3. The lowest BCUT2D eigenvalue weighted by molar-refractivity contribution is -0.120. The highest BCUT2D eigenvalue weighted by Crippen LogP contribution is 2.43. The molecule has 2 aromatic rings. The number of halogens is 1. The molecule has 0 unspecified atom stereocenters. The van der Waals surface area contributed by atoms with Crippen LogP contribution in [0.1, 0.15) is 36.5 Å². The molecule has 1 fully saturated rings. The molecule has 26 heavy (non-hydrogen) atoms. The molecule has 1 amide bonds. The summed E-state index contributed by atoms with van der Waals surface area (Å²) in [5, 5.41) is 3.11. The van der Waals surface area contributed by atoms with Crippen LogP contribution in [0.3, 0.4) is 0 Å². The Hall–Kier alpha value is -2.18. The second-order valence-electron chi connectivity index (χ2n) is 6.39. The number of anilines is 1. The minimum atomic E-state index is -3.85. The molecule has 5 nitrogen and oxygen atoms in total. The van der Waals surface area contributed by atoms with Gasteiger partial charge in [-0.05, 0) is 74.7 Å². The fourth-order valence-electron chi connectivity index (χ4n) is 2.99. The van der Waals surface area contributed by atoms with Gasteiger partial charge in [0, 0.05) is 16.3 Å². The number of amides is 1. The molecule has 0 aliphatic heterocycles. The molecule has 2 aromatic carbocycles. The molecule has 0 radical (unpaired) electrons. The Morgan fingerprint density at radius 2 is 1.58 bits per heavy atom. The van der Waals surface area contributed by atoms with Gasteiger partial charge in [-0.15, -0.1) is 0 Å². The van der Waals surface area contributed by atoms with Gasteiger partial charge in [-0.1, -0.05) is 11.6 Å². The molecule has 0 heterocycles. The number of carbonyl (C=O) groups excluding carboxylic acids is 2. The van der Waals surface area contributed by atoms with E-state index >= 15 is 0 Å². The second-order valence-corrected chi connectivity index (χ2v) is 9.09. The summed E-state index contributed by atoms with van der Waals surface area (Å²) in [5.41, 5.74) is 0.979. The zero-order chi connectivity index (χ0) is 18.9. The molecular weight excluding hydrogens is 374 g/mol. The number of carbonyl (C=O) groups is 2. The number of sulfone groups is 1. The molecule has 1 aliphatic rings. The van der Waals surface area contributed by atoms with Gasteiger partial charge in [0.15, 0.2) is 20.4 Å². The number of rotatable bonds is 5. The standard InChI is InChI=1S/C19H18ClNO4S/c1-13(22)14-3-7-16(8-4-14)21-18(23)19(11-2-12-19)26(24,25)17-9-5-15(20)6-10-17/h3-10H,2,11-12H2,1H3,(H,21,23). The summed E-state index contributed by atoms with van der Waals surface area (Å²) in [6.07, 6.45) is 1.22. The molecule has 1 saturated carbocycles. The van der Waals surface area contributed by atoms with Crippen LogP contribution in [0.15, 0.2) is 53.4 Å². The Morgan fingerprint density at radius 3 is 2.04 bits per heavy atom. The van der Waals surface area contributed by atoms with Crippen molar-refractivity contribution in [2.45, 2.75) is 35.8 Å². The van der Waals surface area contributed by atoms with Crippen LogP contribution in [0.5, 0.6) is 0 Å². The predicted molar refractivity (Wildman–Crippen MR) is 100 cm³/mol. The van der Waals surface area contributed by atoms with Gasteiger partial charge in [0.25, 0.3) is 0 Å². The van der Waals surface area contributed by atoms with Crippen LogP contribution < -0.4 is 5.32 Å². The van der Waals surface area contributed by atoms with E-state index in [9.17, 15) is 18.0 Å². The first kappa shape index (κ1) is 18.6. The Balaban J connectivity index is 1.88. The summed E-state index contributed by atoms with van der Waals surface area (Å²) in [5.74, 6) is -0.627. The lowest BCUT2D eigenvalue weighted by Crippen LogP contribution is -2.54. The van der Waals surface area contributed by atoms with Crippen molar-refractivity contribution in [2.24, 2.45) is 0 Å². The Kier molecular flexibility index (Phi) is 4.90. The maximum atomic E-state index is 13.1. The smallest absolute Gasteiger partial charge is 0.246 e. The first-order valence-corrected chi connectivity index (χ1v) is 10.0. The van der Waals surface area contributed by atoms with Crippen molar-refractivity contribution in [3.63, 3.8) is 0 Å². The Bertz CT molecular complexity index is 946. The van der Waals surface area contributed by atoms with Crippen molar-refractivity contribution >= 4 is 38.8 Å². The third-order valence-corrected chi connectivity index (χ3v) is 7.53. The van der Waals surface area contributed by atoms with Gasteiger partial charge in [0.2, 0.25) is 5.91 Å². The van der Waals surface area contributed by atoms with Crippen molar-refractivity contribution in [3.8, 4) is 0 Å². The largest absolute Gasteiger partial charge is 0.325 e. The van der Waals surface area contributed by atoms with Gasteiger partial charge in [-0.2, -0.15) is 0 Å². The predicted octanol–water partition coefficient (Wildman–Crippen LogP) is 3.88. The number of ketones is 1. The lowest BCUT2D eigenvalue weighted by atomic mass is 9.83. The molecule has 0 bridgehead atoms. The van der Waals surface area contributed by atoms with Crippen LogP contribution in [-0.2, 0) is 14.6 Å². The van der Waals surface area contributed by atoms with Gasteiger partial charge in [-0.3, -0.25) is 9.59 Å². The van der Waals surface area contributed by atoms with Crippen molar-refractivity contribution in [1.29, 1.82) is 0 Å². The van der Waals surface area contributed by atoms with E-state index in [-0.39, 0.29) is 23.5 Å². The van der Waals surface area contributed by atoms with Crippen LogP contribution >= 0.6 is 11.6 Å². The maximum absolute atomic E-state index is 13.1. The van der Waals surface area contributed by atoms with E-state index < -0.39 is 20.5 Å². The minimum Gasteiger partial charge on any atom is -0.325 e. The summed E-state index contributed by atoms with van der Waals surface area (Å²) >= 11 is 5.83. The topological polar surface area (TPSA) is 80.3 Å². The average Bonchev–Trinajstić information content (AvgIpc) is 2.54. The second kappa shape index (κ2) is 6.85. The first-order chi connectivity index (χ1) is 12.3. The summed E-state index contributed by atoms with van der Waals surface area (Å²) in [6, 6.07) is 12.2. The fraction of sp³-hybridized carbons (Fsp3) is 0.263. The molecule has 0 spiro atoms. The van der Waals surface area contributed by atoms with E-state index in [1.165, 1.54) is 31.2 Å². The zero-order valence-electron chi connectivity index (χ0n) is 14.2. The van der Waals surface area contributed by atoms with Gasteiger partial charge in [-0.25, -0.2) is 8.42 Å². The van der Waals surface area contributed by atoms with Crippen LogP contribution in [0, 0.1) is 0 Å². The molecule has 0 saturated heterocycles. The molecule has 136 valence electrons. The summed E-state index contributed by atoms with van der Waals surface area (Å²) < 4.78 is 24.7. The van der Waals surface area contributed by atoms with Gasteiger partial charge >= 0.3 is 0 Å². The quantitative estimate of drug-likeness (QED) is 0.784. The Labute approximate surface area is 157 Å². The van der Waals surface area contributed by atoms with E-state index in [1.807, 2.05) is 0 Å². The van der Waals surface area contributed by atoms with Crippen molar-refractivity contribution < 1.29 is 18.0 Å². The van der Waals surface area contributed by atoms with Gasteiger partial charge in [0.1, 0.15) is 0 Å². The number of hydrogen-bond acceptors (Lipinski definition) is 4. The highest BCUT2D eigenvalue weighted by Gasteiger charge is 2.55. The molecule has 0 aromatic heterocycles. The van der Waals surface area contributed by atoms with Crippen molar-refractivity contribution in [3.05, 3.63) is 59.1 Å². The highest BCUT2D eigenvalue weighted by molar-refractivity contribution is 7.93. The third-order valence-electron chi connectivity index (χ3n) is 4.76. The molecular formula is C19H18ClNO4S. The third kappa shape index (κ3) is 3.15. The number of benzene rings is 2. The number of Topliss-reactive ketones (excluding diaryl/α,β-unsaturated/α-hetero) is 1. The van der Waals surface area contributed by atoms with E-state index in [0.717, 1.165) is 0 Å².